The number of carbonyl (C=O) groups excluding carboxylic acids is 2. The van der Waals surface area contributed by atoms with Crippen molar-refractivity contribution in [2.75, 3.05) is 10.6 Å². The van der Waals surface area contributed by atoms with Gasteiger partial charge in [0, 0.05) is 32.2 Å². The first-order chi connectivity index (χ1) is 15.0. The van der Waals surface area contributed by atoms with Crippen LogP contribution in [-0.2, 0) is 9.59 Å². The van der Waals surface area contributed by atoms with Gasteiger partial charge in [0.25, 0.3) is 0 Å². The number of benzene rings is 3. The van der Waals surface area contributed by atoms with Gasteiger partial charge in [-0.2, -0.15) is 0 Å². The molecule has 1 aliphatic rings. The lowest BCUT2D eigenvalue weighted by molar-refractivity contribution is -0.117. The molecule has 2 N–H and O–H groups in total. The van der Waals surface area contributed by atoms with Crippen LogP contribution in [0.3, 0.4) is 0 Å². The standard InChI is InChI=1S/C24H20Cl2N2O2S/c25-17-11-18(26)13-20(12-17)28-24(30)22(15-5-2-1-3-6-15)31-21-8-4-7-19(14-21)27-23(29)16-9-10-16/h1-8,11-14,16,22H,9-10H2,(H,27,29)(H,28,30). The molecule has 2 amide bonds. The van der Waals surface area contributed by atoms with Crippen LogP contribution in [-0.4, -0.2) is 11.8 Å². The van der Waals surface area contributed by atoms with E-state index in [1.54, 1.807) is 18.2 Å². The fraction of sp³-hybridized carbons (Fsp3) is 0.167. The van der Waals surface area contributed by atoms with E-state index in [-0.39, 0.29) is 17.7 Å². The fourth-order valence-corrected chi connectivity index (χ4v) is 4.72. The van der Waals surface area contributed by atoms with Crippen LogP contribution in [0.4, 0.5) is 11.4 Å². The van der Waals surface area contributed by atoms with Crippen LogP contribution in [0, 0.1) is 5.92 Å². The Balaban J connectivity index is 1.55. The minimum absolute atomic E-state index is 0.0531. The highest BCUT2D eigenvalue weighted by atomic mass is 35.5. The highest BCUT2D eigenvalue weighted by Crippen LogP contribution is 2.38. The van der Waals surface area contributed by atoms with Crippen molar-refractivity contribution in [2.45, 2.75) is 23.0 Å². The van der Waals surface area contributed by atoms with Crippen LogP contribution in [0.25, 0.3) is 0 Å². The van der Waals surface area contributed by atoms with Gasteiger partial charge in [-0.25, -0.2) is 0 Å². The second kappa shape index (κ2) is 9.77. The highest BCUT2D eigenvalue weighted by molar-refractivity contribution is 8.00. The lowest BCUT2D eigenvalue weighted by Gasteiger charge is -2.18. The quantitative estimate of drug-likeness (QED) is 0.372. The zero-order valence-electron chi connectivity index (χ0n) is 16.5. The molecule has 3 aromatic rings. The Kier molecular flexibility index (Phi) is 6.86. The predicted molar refractivity (Wildman–Crippen MR) is 128 cm³/mol. The van der Waals surface area contributed by atoms with Gasteiger partial charge in [-0.1, -0.05) is 59.6 Å². The minimum Gasteiger partial charge on any atom is -0.326 e. The lowest BCUT2D eigenvalue weighted by Crippen LogP contribution is -2.19. The molecule has 0 radical (unpaired) electrons. The van der Waals surface area contributed by atoms with Crippen LogP contribution in [0.15, 0.2) is 77.7 Å². The van der Waals surface area contributed by atoms with Crippen molar-refractivity contribution < 1.29 is 9.59 Å². The number of carbonyl (C=O) groups is 2. The molecule has 0 saturated heterocycles. The van der Waals surface area contributed by atoms with Crippen LogP contribution < -0.4 is 10.6 Å². The maximum absolute atomic E-state index is 13.2. The zero-order chi connectivity index (χ0) is 21.8. The number of hydrogen-bond donors (Lipinski definition) is 2. The molecular formula is C24H20Cl2N2O2S. The van der Waals surface area contributed by atoms with Gasteiger partial charge in [-0.3, -0.25) is 9.59 Å². The molecule has 0 spiro atoms. The summed E-state index contributed by atoms with van der Waals surface area (Å²) in [4.78, 5) is 26.2. The van der Waals surface area contributed by atoms with E-state index in [1.807, 2.05) is 54.6 Å². The summed E-state index contributed by atoms with van der Waals surface area (Å²) in [5, 5.41) is 6.26. The molecule has 4 rings (SSSR count). The zero-order valence-corrected chi connectivity index (χ0v) is 18.8. The summed E-state index contributed by atoms with van der Waals surface area (Å²) >= 11 is 13.6. The van der Waals surface area contributed by atoms with Gasteiger partial charge in [0.15, 0.2) is 0 Å². The van der Waals surface area contributed by atoms with Crippen LogP contribution in [0.5, 0.6) is 0 Å². The Bertz CT molecular complexity index is 1080. The van der Waals surface area contributed by atoms with E-state index >= 15 is 0 Å². The van der Waals surface area contributed by atoms with Gasteiger partial charge in [0.2, 0.25) is 11.8 Å². The molecule has 7 heteroatoms. The number of amides is 2. The van der Waals surface area contributed by atoms with Crippen molar-refractivity contribution in [1.82, 2.24) is 0 Å². The smallest absolute Gasteiger partial charge is 0.242 e. The molecule has 3 aromatic carbocycles. The molecular weight excluding hydrogens is 451 g/mol. The number of anilines is 2. The summed E-state index contributed by atoms with van der Waals surface area (Å²) < 4.78 is 0. The summed E-state index contributed by atoms with van der Waals surface area (Å²) in [7, 11) is 0. The molecule has 0 heterocycles. The van der Waals surface area contributed by atoms with Gasteiger partial charge in [-0.15, -0.1) is 11.8 Å². The molecule has 158 valence electrons. The second-order valence-electron chi connectivity index (χ2n) is 7.35. The minimum atomic E-state index is -0.506. The highest BCUT2D eigenvalue weighted by Gasteiger charge is 2.29. The molecule has 1 unspecified atom stereocenters. The van der Waals surface area contributed by atoms with Crippen molar-refractivity contribution in [2.24, 2.45) is 5.92 Å². The van der Waals surface area contributed by atoms with Crippen LogP contribution in [0.2, 0.25) is 10.0 Å². The summed E-state index contributed by atoms with van der Waals surface area (Å²) in [5.41, 5.74) is 2.13. The molecule has 31 heavy (non-hydrogen) atoms. The van der Waals surface area contributed by atoms with Crippen molar-refractivity contribution in [1.29, 1.82) is 0 Å². The summed E-state index contributed by atoms with van der Waals surface area (Å²) in [6.45, 7) is 0. The maximum Gasteiger partial charge on any atom is 0.242 e. The van der Waals surface area contributed by atoms with E-state index in [2.05, 4.69) is 10.6 Å². The van der Waals surface area contributed by atoms with Crippen LogP contribution in [0.1, 0.15) is 23.7 Å². The van der Waals surface area contributed by atoms with E-state index in [4.69, 9.17) is 23.2 Å². The van der Waals surface area contributed by atoms with Crippen LogP contribution >= 0.6 is 35.0 Å². The average Bonchev–Trinajstić information content (AvgIpc) is 3.58. The first kappa shape index (κ1) is 21.8. The number of nitrogens with one attached hydrogen (secondary N) is 2. The van der Waals surface area contributed by atoms with Gasteiger partial charge in [0.1, 0.15) is 5.25 Å². The van der Waals surface area contributed by atoms with Crippen molar-refractivity contribution in [3.05, 3.63) is 88.4 Å². The largest absolute Gasteiger partial charge is 0.326 e. The molecule has 1 fully saturated rings. The molecule has 0 aromatic heterocycles. The van der Waals surface area contributed by atoms with Crippen molar-refractivity contribution in [3.8, 4) is 0 Å². The summed E-state index contributed by atoms with van der Waals surface area (Å²) in [6.07, 6.45) is 1.90. The molecule has 1 atom stereocenters. The van der Waals surface area contributed by atoms with E-state index in [0.29, 0.717) is 15.7 Å². The Morgan fingerprint density at radius 2 is 1.55 bits per heavy atom. The van der Waals surface area contributed by atoms with Crippen molar-refractivity contribution >= 4 is 58.2 Å². The molecule has 1 aliphatic carbocycles. The summed E-state index contributed by atoms with van der Waals surface area (Å²) in [6, 6.07) is 22.0. The van der Waals surface area contributed by atoms with Crippen molar-refractivity contribution in [3.63, 3.8) is 0 Å². The molecule has 4 nitrogen and oxygen atoms in total. The third-order valence-corrected chi connectivity index (χ3v) is 6.46. The third-order valence-electron chi connectivity index (χ3n) is 4.77. The topological polar surface area (TPSA) is 58.2 Å². The lowest BCUT2D eigenvalue weighted by atomic mass is 10.1. The Labute approximate surface area is 195 Å². The van der Waals surface area contributed by atoms with Gasteiger partial charge < -0.3 is 10.6 Å². The number of hydrogen-bond acceptors (Lipinski definition) is 3. The summed E-state index contributed by atoms with van der Waals surface area (Å²) in [5.74, 6) is -0.0111. The van der Waals surface area contributed by atoms with E-state index in [0.717, 1.165) is 29.0 Å². The van der Waals surface area contributed by atoms with Gasteiger partial charge in [-0.05, 0) is 54.8 Å². The first-order valence-corrected chi connectivity index (χ1v) is 11.5. The normalized spacial score (nSPS) is 14.0. The Morgan fingerprint density at radius 3 is 2.23 bits per heavy atom. The Morgan fingerprint density at radius 1 is 0.839 bits per heavy atom. The maximum atomic E-state index is 13.2. The predicted octanol–water partition coefficient (Wildman–Crippen LogP) is 6.81. The first-order valence-electron chi connectivity index (χ1n) is 9.87. The number of thioether (sulfide) groups is 1. The van der Waals surface area contributed by atoms with E-state index < -0.39 is 5.25 Å². The van der Waals surface area contributed by atoms with E-state index in [1.165, 1.54) is 11.8 Å². The van der Waals surface area contributed by atoms with E-state index in [9.17, 15) is 9.59 Å². The fourth-order valence-electron chi connectivity index (χ4n) is 3.11. The van der Waals surface area contributed by atoms with Gasteiger partial charge in [0.05, 0.1) is 0 Å². The average molecular weight is 471 g/mol. The Hall–Kier alpha value is -2.47. The number of halogens is 2. The number of rotatable bonds is 7. The SMILES string of the molecule is O=C(Nc1cccc(SC(C(=O)Nc2cc(Cl)cc(Cl)c2)c2ccccc2)c1)C1CC1. The molecule has 0 aliphatic heterocycles. The molecule has 0 bridgehead atoms. The monoisotopic (exact) mass is 470 g/mol. The second-order valence-corrected chi connectivity index (χ2v) is 9.40. The van der Waals surface area contributed by atoms with Gasteiger partial charge >= 0.3 is 0 Å². The molecule has 1 saturated carbocycles. The third kappa shape index (κ3) is 6.03.